The number of methoxy groups -OCH3 is 4. The Kier molecular flexibility index (Phi) is 9.64. The Labute approximate surface area is 219 Å². The zero-order valence-electron chi connectivity index (χ0n) is 21.3. The summed E-state index contributed by atoms with van der Waals surface area (Å²) in [6.45, 7) is -0.246. The number of hydrogen-bond acceptors (Lipinski definition) is 9. The van der Waals surface area contributed by atoms with Crippen molar-refractivity contribution in [1.29, 1.82) is 0 Å². The number of ether oxygens (including phenoxy) is 5. The first-order valence-corrected chi connectivity index (χ1v) is 11.3. The largest absolute Gasteiger partial charge is 0.493 e. The molecular formula is C27H27N3O8. The maximum atomic E-state index is 12.8. The second-order valence-corrected chi connectivity index (χ2v) is 7.56. The SMILES string of the molecule is COc1cc(C=NNC(=O)CNC(=O)c2ccccc2)ccc1OC(=O)c1cc(OC)c(OC)c(OC)c1. The van der Waals surface area contributed by atoms with E-state index in [0.29, 0.717) is 28.4 Å². The quantitative estimate of drug-likeness (QED) is 0.170. The topological polar surface area (TPSA) is 134 Å². The molecule has 0 bridgehead atoms. The maximum absolute atomic E-state index is 12.8. The number of rotatable bonds is 11. The molecule has 3 rings (SSSR count). The molecule has 0 saturated carbocycles. The maximum Gasteiger partial charge on any atom is 0.343 e. The van der Waals surface area contributed by atoms with Gasteiger partial charge in [0.2, 0.25) is 5.75 Å². The number of esters is 1. The van der Waals surface area contributed by atoms with Gasteiger partial charge in [-0.15, -0.1) is 0 Å². The van der Waals surface area contributed by atoms with Crippen LogP contribution in [0.1, 0.15) is 26.3 Å². The van der Waals surface area contributed by atoms with E-state index in [4.69, 9.17) is 23.7 Å². The Bertz CT molecular complexity index is 1300. The Morgan fingerprint density at radius 1 is 0.763 bits per heavy atom. The lowest BCUT2D eigenvalue weighted by molar-refractivity contribution is -0.120. The van der Waals surface area contributed by atoms with Crippen LogP contribution in [0.5, 0.6) is 28.7 Å². The lowest BCUT2D eigenvalue weighted by Crippen LogP contribution is -2.34. The Balaban J connectivity index is 1.62. The van der Waals surface area contributed by atoms with Crippen LogP contribution in [0.4, 0.5) is 0 Å². The van der Waals surface area contributed by atoms with Gasteiger partial charge in [-0.2, -0.15) is 5.10 Å². The summed E-state index contributed by atoms with van der Waals surface area (Å²) in [5.74, 6) is -0.169. The van der Waals surface area contributed by atoms with Gasteiger partial charge in [0.15, 0.2) is 23.0 Å². The highest BCUT2D eigenvalue weighted by molar-refractivity contribution is 5.96. The van der Waals surface area contributed by atoms with Crippen molar-refractivity contribution in [3.8, 4) is 28.7 Å². The molecule has 2 N–H and O–H groups in total. The normalized spacial score (nSPS) is 10.4. The first-order valence-electron chi connectivity index (χ1n) is 11.3. The predicted molar refractivity (Wildman–Crippen MR) is 139 cm³/mol. The number of hydrazone groups is 1. The zero-order valence-corrected chi connectivity index (χ0v) is 21.3. The smallest absolute Gasteiger partial charge is 0.343 e. The van der Waals surface area contributed by atoms with E-state index in [2.05, 4.69) is 15.8 Å². The summed E-state index contributed by atoms with van der Waals surface area (Å²) in [7, 11) is 5.77. The Morgan fingerprint density at radius 3 is 2.03 bits per heavy atom. The van der Waals surface area contributed by atoms with Crippen molar-refractivity contribution in [3.05, 3.63) is 77.4 Å². The fourth-order valence-corrected chi connectivity index (χ4v) is 3.28. The molecule has 0 radical (unpaired) electrons. The van der Waals surface area contributed by atoms with E-state index in [9.17, 15) is 14.4 Å². The summed E-state index contributed by atoms with van der Waals surface area (Å²) in [6, 6.07) is 16.2. The highest BCUT2D eigenvalue weighted by Crippen LogP contribution is 2.38. The van der Waals surface area contributed by atoms with Gasteiger partial charge in [0.25, 0.3) is 11.8 Å². The van der Waals surface area contributed by atoms with Gasteiger partial charge in [-0.1, -0.05) is 18.2 Å². The van der Waals surface area contributed by atoms with Crippen molar-refractivity contribution in [2.45, 2.75) is 0 Å². The van der Waals surface area contributed by atoms with Gasteiger partial charge < -0.3 is 29.0 Å². The highest BCUT2D eigenvalue weighted by Gasteiger charge is 2.19. The van der Waals surface area contributed by atoms with E-state index >= 15 is 0 Å². The van der Waals surface area contributed by atoms with Gasteiger partial charge in [-0.3, -0.25) is 9.59 Å². The van der Waals surface area contributed by atoms with E-state index in [1.165, 1.54) is 52.9 Å². The molecule has 0 unspecified atom stereocenters. The van der Waals surface area contributed by atoms with E-state index in [-0.39, 0.29) is 29.5 Å². The van der Waals surface area contributed by atoms with Crippen LogP contribution in [0.25, 0.3) is 0 Å². The minimum Gasteiger partial charge on any atom is -0.493 e. The third-order valence-corrected chi connectivity index (χ3v) is 5.14. The van der Waals surface area contributed by atoms with Crippen molar-refractivity contribution in [2.75, 3.05) is 35.0 Å². The van der Waals surface area contributed by atoms with E-state index < -0.39 is 11.9 Å². The van der Waals surface area contributed by atoms with Crippen LogP contribution in [-0.2, 0) is 4.79 Å². The summed E-state index contributed by atoms with van der Waals surface area (Å²) in [5.41, 5.74) is 3.51. The molecule has 0 atom stereocenters. The van der Waals surface area contributed by atoms with Crippen LogP contribution in [0, 0.1) is 0 Å². The van der Waals surface area contributed by atoms with Gasteiger partial charge in [0.1, 0.15) is 0 Å². The van der Waals surface area contributed by atoms with Crippen LogP contribution >= 0.6 is 0 Å². The van der Waals surface area contributed by atoms with Gasteiger partial charge in [-0.25, -0.2) is 10.2 Å². The van der Waals surface area contributed by atoms with Crippen molar-refractivity contribution in [2.24, 2.45) is 5.10 Å². The number of nitrogens with zero attached hydrogens (tertiary/aromatic N) is 1. The van der Waals surface area contributed by atoms with Crippen LogP contribution in [0.15, 0.2) is 65.8 Å². The van der Waals surface area contributed by atoms with Crippen LogP contribution in [-0.4, -0.2) is 59.0 Å². The first kappa shape index (κ1) is 27.5. The number of nitrogens with one attached hydrogen (secondary N) is 2. The zero-order chi connectivity index (χ0) is 27.5. The monoisotopic (exact) mass is 521 g/mol. The Morgan fingerprint density at radius 2 is 1.42 bits per heavy atom. The number of carbonyl (C=O) groups is 3. The van der Waals surface area contributed by atoms with Crippen molar-refractivity contribution < 1.29 is 38.1 Å². The Hall–Kier alpha value is -5.06. The molecule has 0 aliphatic carbocycles. The van der Waals surface area contributed by atoms with Crippen LogP contribution in [0.2, 0.25) is 0 Å². The summed E-state index contributed by atoms with van der Waals surface area (Å²) < 4.78 is 26.7. The third kappa shape index (κ3) is 7.00. The molecule has 11 nitrogen and oxygen atoms in total. The predicted octanol–water partition coefficient (Wildman–Crippen LogP) is 2.82. The molecule has 0 aliphatic rings. The number of benzene rings is 3. The lowest BCUT2D eigenvalue weighted by atomic mass is 10.1. The standard InChI is InChI=1S/C27H27N3O8/c1-34-21-12-17(15-29-30-24(31)16-28-26(32)18-8-6-5-7-9-18)10-11-20(21)38-27(33)19-13-22(35-2)25(37-4)23(14-19)36-3/h5-15H,16H2,1-4H3,(H,28,32)(H,30,31). The fourth-order valence-electron chi connectivity index (χ4n) is 3.28. The molecule has 0 fully saturated rings. The summed E-state index contributed by atoms with van der Waals surface area (Å²) in [4.78, 5) is 36.8. The van der Waals surface area contributed by atoms with E-state index in [1.807, 2.05) is 0 Å². The molecule has 0 spiro atoms. The highest BCUT2D eigenvalue weighted by atomic mass is 16.6. The molecule has 0 aromatic heterocycles. The number of hydrogen-bond donors (Lipinski definition) is 2. The van der Waals surface area contributed by atoms with Crippen molar-refractivity contribution >= 4 is 24.0 Å². The number of carbonyl (C=O) groups excluding carboxylic acids is 3. The molecule has 11 heteroatoms. The summed E-state index contributed by atoms with van der Waals surface area (Å²) in [6.07, 6.45) is 1.38. The lowest BCUT2D eigenvalue weighted by Gasteiger charge is -2.14. The van der Waals surface area contributed by atoms with Crippen LogP contribution < -0.4 is 34.4 Å². The van der Waals surface area contributed by atoms with Gasteiger partial charge >= 0.3 is 5.97 Å². The fraction of sp³-hybridized carbons (Fsp3) is 0.185. The average Bonchev–Trinajstić information content (AvgIpc) is 2.95. The second kappa shape index (κ2) is 13.3. The van der Waals surface area contributed by atoms with E-state index in [0.717, 1.165) is 0 Å². The van der Waals surface area contributed by atoms with Crippen molar-refractivity contribution in [1.82, 2.24) is 10.7 Å². The molecule has 2 amide bonds. The van der Waals surface area contributed by atoms with Gasteiger partial charge in [0, 0.05) is 5.56 Å². The minimum absolute atomic E-state index is 0.163. The third-order valence-electron chi connectivity index (χ3n) is 5.14. The summed E-state index contributed by atoms with van der Waals surface area (Å²) in [5, 5.41) is 6.39. The van der Waals surface area contributed by atoms with Gasteiger partial charge in [-0.05, 0) is 48.0 Å². The molecule has 3 aromatic carbocycles. The molecule has 0 heterocycles. The van der Waals surface area contributed by atoms with Gasteiger partial charge in [0.05, 0.1) is 46.8 Å². The van der Waals surface area contributed by atoms with Crippen LogP contribution in [0.3, 0.4) is 0 Å². The molecule has 0 aliphatic heterocycles. The molecule has 38 heavy (non-hydrogen) atoms. The second-order valence-electron chi connectivity index (χ2n) is 7.56. The van der Waals surface area contributed by atoms with Crippen molar-refractivity contribution in [3.63, 3.8) is 0 Å². The summed E-state index contributed by atoms with van der Waals surface area (Å²) >= 11 is 0. The molecular weight excluding hydrogens is 494 g/mol. The first-order chi connectivity index (χ1) is 18.4. The minimum atomic E-state index is -0.672. The average molecular weight is 522 g/mol. The molecule has 198 valence electrons. The number of amides is 2. The molecule has 3 aromatic rings. The van der Waals surface area contributed by atoms with E-state index in [1.54, 1.807) is 42.5 Å². The molecule has 0 saturated heterocycles.